The normalized spacial score (nSPS) is 11.0. The van der Waals surface area contributed by atoms with Crippen LogP contribution in [0.2, 0.25) is 5.02 Å². The molecule has 21 heavy (non-hydrogen) atoms. The Bertz CT molecular complexity index is 930. The molecule has 2 aromatic carbocycles. The molecule has 1 aromatic heterocycles. The van der Waals surface area contributed by atoms with Crippen LogP contribution in [0.4, 0.5) is 4.39 Å². The minimum absolute atomic E-state index is 0.0937. The van der Waals surface area contributed by atoms with Crippen molar-refractivity contribution in [2.45, 2.75) is 0 Å². The lowest BCUT2D eigenvalue weighted by molar-refractivity contribution is 0.0698. The van der Waals surface area contributed by atoms with Crippen molar-refractivity contribution in [2.75, 3.05) is 0 Å². The van der Waals surface area contributed by atoms with E-state index in [2.05, 4.69) is 4.98 Å². The Morgan fingerprint density at radius 1 is 1.24 bits per heavy atom. The summed E-state index contributed by atoms with van der Waals surface area (Å²) in [6, 6.07) is 8.57. The van der Waals surface area contributed by atoms with E-state index in [1.165, 1.54) is 30.3 Å². The number of imidazole rings is 1. The molecule has 0 amide bonds. The van der Waals surface area contributed by atoms with E-state index >= 15 is 0 Å². The number of halogens is 2. The third-order valence-electron chi connectivity index (χ3n) is 3.11. The van der Waals surface area contributed by atoms with Crippen molar-refractivity contribution in [3.63, 3.8) is 0 Å². The largest absolute Gasteiger partial charge is 0.478 e. The second-order valence-corrected chi connectivity index (χ2v) is 4.75. The average molecular weight is 307 g/mol. The van der Waals surface area contributed by atoms with Crippen molar-refractivity contribution in [1.29, 1.82) is 0 Å². The molecule has 1 heterocycles. The number of H-pyrrole nitrogens is 1. The Balaban J connectivity index is 2.48. The Kier molecular flexibility index (Phi) is 3.03. The molecular formula is C14H8ClFN2O3. The van der Waals surface area contributed by atoms with Crippen LogP contribution in [0, 0.1) is 5.82 Å². The maximum atomic E-state index is 14.2. The van der Waals surface area contributed by atoms with Crippen LogP contribution in [0.25, 0.3) is 16.7 Å². The second-order valence-electron chi connectivity index (χ2n) is 4.35. The molecule has 2 N–H and O–H groups in total. The van der Waals surface area contributed by atoms with Gasteiger partial charge in [-0.3, -0.25) is 4.57 Å². The number of nitrogens with zero attached hydrogens (tertiary/aromatic N) is 1. The maximum Gasteiger partial charge on any atom is 0.337 e. The number of aromatic carboxylic acids is 1. The summed E-state index contributed by atoms with van der Waals surface area (Å²) in [6.45, 7) is 0. The van der Waals surface area contributed by atoms with Gasteiger partial charge < -0.3 is 10.1 Å². The number of aromatic nitrogens is 2. The molecule has 0 saturated carbocycles. The molecular weight excluding hydrogens is 299 g/mol. The van der Waals surface area contributed by atoms with Gasteiger partial charge in [-0.2, -0.15) is 0 Å². The molecule has 0 aliphatic heterocycles. The molecule has 0 saturated heterocycles. The molecule has 0 unspecified atom stereocenters. The standard InChI is InChI=1S/C14H8ClFN2O3/c15-8-4-2-6-10(11(8)16)18-12-7(13(19)20)3-1-5-9(12)17-14(18)21/h1-6H,(H,17,21)(H,19,20). The van der Waals surface area contributed by atoms with Crippen LogP contribution in [0.15, 0.2) is 41.2 Å². The van der Waals surface area contributed by atoms with E-state index in [0.717, 1.165) is 4.57 Å². The molecule has 0 spiro atoms. The summed E-state index contributed by atoms with van der Waals surface area (Å²) in [5, 5.41) is 9.09. The summed E-state index contributed by atoms with van der Waals surface area (Å²) < 4.78 is 15.1. The van der Waals surface area contributed by atoms with E-state index in [1.807, 2.05) is 0 Å². The highest BCUT2D eigenvalue weighted by Crippen LogP contribution is 2.25. The van der Waals surface area contributed by atoms with E-state index in [9.17, 15) is 19.1 Å². The van der Waals surface area contributed by atoms with Gasteiger partial charge in [-0.25, -0.2) is 14.0 Å². The van der Waals surface area contributed by atoms with E-state index in [1.54, 1.807) is 6.07 Å². The van der Waals surface area contributed by atoms with Crippen LogP contribution < -0.4 is 5.69 Å². The second kappa shape index (κ2) is 4.75. The fourth-order valence-corrected chi connectivity index (χ4v) is 2.40. The molecule has 0 fully saturated rings. The van der Waals surface area contributed by atoms with Crippen molar-refractivity contribution in [3.8, 4) is 5.69 Å². The summed E-state index contributed by atoms with van der Waals surface area (Å²) in [5.74, 6) is -2.00. The predicted molar refractivity (Wildman–Crippen MR) is 75.8 cm³/mol. The van der Waals surface area contributed by atoms with E-state index < -0.39 is 17.5 Å². The van der Waals surface area contributed by atoms with Gasteiger partial charge in [-0.1, -0.05) is 23.7 Å². The number of carboxylic acid groups (broad SMARTS) is 1. The van der Waals surface area contributed by atoms with Gasteiger partial charge in [0, 0.05) is 0 Å². The number of carbonyl (C=O) groups is 1. The van der Waals surface area contributed by atoms with Gasteiger partial charge in [0.1, 0.15) is 0 Å². The number of fused-ring (bicyclic) bond motifs is 1. The SMILES string of the molecule is O=C(O)c1cccc2[nH]c(=O)n(-c3cccc(Cl)c3F)c12. The molecule has 0 aliphatic rings. The zero-order valence-corrected chi connectivity index (χ0v) is 11.2. The highest BCUT2D eigenvalue weighted by Gasteiger charge is 2.19. The molecule has 0 aliphatic carbocycles. The number of carboxylic acids is 1. The van der Waals surface area contributed by atoms with E-state index in [0.29, 0.717) is 5.52 Å². The molecule has 7 heteroatoms. The molecule has 3 aromatic rings. The number of rotatable bonds is 2. The van der Waals surface area contributed by atoms with Crippen LogP contribution in [-0.4, -0.2) is 20.6 Å². The Hall–Kier alpha value is -2.60. The highest BCUT2D eigenvalue weighted by atomic mass is 35.5. The molecule has 0 radical (unpaired) electrons. The topological polar surface area (TPSA) is 75.1 Å². The zero-order chi connectivity index (χ0) is 15.1. The lowest BCUT2D eigenvalue weighted by Gasteiger charge is -2.07. The zero-order valence-electron chi connectivity index (χ0n) is 10.4. The number of aromatic amines is 1. The van der Waals surface area contributed by atoms with Crippen molar-refractivity contribution in [1.82, 2.24) is 9.55 Å². The van der Waals surface area contributed by atoms with Crippen LogP contribution in [-0.2, 0) is 0 Å². The summed E-state index contributed by atoms with van der Waals surface area (Å²) in [4.78, 5) is 25.9. The van der Waals surface area contributed by atoms with Crippen molar-refractivity contribution >= 4 is 28.6 Å². The number of benzene rings is 2. The number of nitrogens with one attached hydrogen (secondary N) is 1. The molecule has 0 bridgehead atoms. The van der Waals surface area contributed by atoms with Crippen LogP contribution in [0.5, 0.6) is 0 Å². The van der Waals surface area contributed by atoms with Crippen LogP contribution >= 0.6 is 11.6 Å². The molecule has 3 rings (SSSR count). The van der Waals surface area contributed by atoms with Gasteiger partial charge in [0.2, 0.25) is 0 Å². The van der Waals surface area contributed by atoms with Gasteiger partial charge in [0.05, 0.1) is 27.3 Å². The third kappa shape index (κ3) is 2.00. The Morgan fingerprint density at radius 2 is 1.95 bits per heavy atom. The fourth-order valence-electron chi connectivity index (χ4n) is 2.23. The maximum absolute atomic E-state index is 14.2. The molecule has 0 atom stereocenters. The molecule has 106 valence electrons. The lowest BCUT2D eigenvalue weighted by atomic mass is 10.1. The van der Waals surface area contributed by atoms with E-state index in [-0.39, 0.29) is 21.8 Å². The highest BCUT2D eigenvalue weighted by molar-refractivity contribution is 6.30. The summed E-state index contributed by atoms with van der Waals surface area (Å²) in [7, 11) is 0. The first-order valence-corrected chi connectivity index (χ1v) is 6.30. The van der Waals surface area contributed by atoms with E-state index in [4.69, 9.17) is 11.6 Å². The van der Waals surface area contributed by atoms with Crippen LogP contribution in [0.1, 0.15) is 10.4 Å². The third-order valence-corrected chi connectivity index (χ3v) is 3.40. The predicted octanol–water partition coefficient (Wildman–Crippen LogP) is 2.81. The van der Waals surface area contributed by atoms with Crippen molar-refractivity contribution < 1.29 is 14.3 Å². The smallest absolute Gasteiger partial charge is 0.337 e. The first-order valence-electron chi connectivity index (χ1n) is 5.92. The minimum atomic E-state index is -1.21. The van der Waals surface area contributed by atoms with Crippen molar-refractivity contribution in [2.24, 2.45) is 0 Å². The van der Waals surface area contributed by atoms with Crippen LogP contribution in [0.3, 0.4) is 0 Å². The quantitative estimate of drug-likeness (QED) is 0.764. The number of hydrogen-bond donors (Lipinski definition) is 2. The van der Waals surface area contributed by atoms with Gasteiger partial charge in [-0.15, -0.1) is 0 Å². The first kappa shape index (κ1) is 13.4. The van der Waals surface area contributed by atoms with Gasteiger partial charge in [0.15, 0.2) is 5.82 Å². The average Bonchev–Trinajstić information content (AvgIpc) is 2.77. The van der Waals surface area contributed by atoms with Gasteiger partial charge in [-0.05, 0) is 24.3 Å². The lowest BCUT2D eigenvalue weighted by Crippen LogP contribution is -2.17. The Labute approximate surface area is 122 Å². The van der Waals surface area contributed by atoms with Gasteiger partial charge in [0.25, 0.3) is 0 Å². The first-order chi connectivity index (χ1) is 10.0. The Morgan fingerprint density at radius 3 is 2.67 bits per heavy atom. The molecule has 5 nitrogen and oxygen atoms in total. The monoisotopic (exact) mass is 306 g/mol. The number of hydrogen-bond acceptors (Lipinski definition) is 2. The summed E-state index contributed by atoms with van der Waals surface area (Å²) in [5.41, 5.74) is -0.451. The van der Waals surface area contributed by atoms with Gasteiger partial charge >= 0.3 is 11.7 Å². The van der Waals surface area contributed by atoms with Crippen molar-refractivity contribution in [3.05, 3.63) is 63.3 Å². The number of para-hydroxylation sites is 1. The summed E-state index contributed by atoms with van der Waals surface area (Å²) in [6.07, 6.45) is 0. The minimum Gasteiger partial charge on any atom is -0.478 e. The summed E-state index contributed by atoms with van der Waals surface area (Å²) >= 11 is 5.72. The fraction of sp³-hybridized carbons (Fsp3) is 0.